The van der Waals surface area contributed by atoms with Crippen LogP contribution < -0.4 is 4.90 Å². The van der Waals surface area contributed by atoms with E-state index in [1.54, 1.807) is 35.0 Å². The zero-order valence-electron chi connectivity index (χ0n) is 16.8. The molecule has 1 amide bonds. The predicted molar refractivity (Wildman–Crippen MR) is 114 cm³/mol. The van der Waals surface area contributed by atoms with Crippen LogP contribution in [0.15, 0.2) is 60.9 Å². The van der Waals surface area contributed by atoms with E-state index in [2.05, 4.69) is 5.10 Å². The monoisotopic (exact) mass is 405 g/mol. The molecule has 154 valence electrons. The number of nitro groups is 1. The molecule has 0 atom stereocenters. The van der Waals surface area contributed by atoms with Gasteiger partial charge in [0.05, 0.1) is 16.8 Å². The molecule has 0 bridgehead atoms. The normalized spacial score (nSPS) is 13.4. The Morgan fingerprint density at radius 3 is 2.60 bits per heavy atom. The largest absolute Gasteiger partial charge is 0.366 e. The molecule has 0 spiro atoms. The van der Waals surface area contributed by atoms with E-state index in [0.29, 0.717) is 17.8 Å². The summed E-state index contributed by atoms with van der Waals surface area (Å²) in [6.45, 7) is 1.96. The van der Waals surface area contributed by atoms with Gasteiger partial charge in [0, 0.05) is 50.1 Å². The van der Waals surface area contributed by atoms with Gasteiger partial charge in [-0.1, -0.05) is 18.2 Å². The van der Waals surface area contributed by atoms with Crippen LogP contribution in [0.2, 0.25) is 0 Å². The number of amides is 1. The first-order valence-electron chi connectivity index (χ1n) is 9.91. The van der Waals surface area contributed by atoms with Gasteiger partial charge in [0.2, 0.25) is 0 Å². The molecule has 30 heavy (non-hydrogen) atoms. The zero-order chi connectivity index (χ0) is 21.1. The van der Waals surface area contributed by atoms with Gasteiger partial charge in [-0.15, -0.1) is 0 Å². The van der Waals surface area contributed by atoms with Crippen LogP contribution in [-0.4, -0.2) is 45.6 Å². The maximum Gasteiger partial charge on any atom is 0.293 e. The molecule has 0 radical (unpaired) electrons. The average molecular weight is 405 g/mol. The molecular weight excluding hydrogens is 382 g/mol. The molecule has 0 aliphatic carbocycles. The van der Waals surface area contributed by atoms with Crippen molar-refractivity contribution in [3.8, 4) is 5.69 Å². The number of carbonyl (C=O) groups excluding carboxylic acids is 1. The Morgan fingerprint density at radius 1 is 1.17 bits per heavy atom. The number of nitro benzene ring substituents is 1. The van der Waals surface area contributed by atoms with E-state index in [-0.39, 0.29) is 11.6 Å². The molecule has 1 saturated heterocycles. The Hall–Kier alpha value is -3.68. The van der Waals surface area contributed by atoms with Crippen LogP contribution in [0.5, 0.6) is 0 Å². The van der Waals surface area contributed by atoms with Crippen LogP contribution in [0, 0.1) is 10.1 Å². The second-order valence-electron chi connectivity index (χ2n) is 7.44. The van der Waals surface area contributed by atoms with Crippen molar-refractivity contribution >= 4 is 17.3 Å². The number of carbonyl (C=O) groups is 1. The summed E-state index contributed by atoms with van der Waals surface area (Å²) >= 11 is 0. The van der Waals surface area contributed by atoms with Gasteiger partial charge < -0.3 is 9.80 Å². The summed E-state index contributed by atoms with van der Waals surface area (Å²) in [5.41, 5.74) is 2.68. The highest BCUT2D eigenvalue weighted by molar-refractivity contribution is 5.95. The van der Waals surface area contributed by atoms with Gasteiger partial charge in [0.15, 0.2) is 0 Å². The van der Waals surface area contributed by atoms with Gasteiger partial charge in [-0.05, 0) is 37.1 Å². The van der Waals surface area contributed by atoms with Crippen LogP contribution in [0.4, 0.5) is 11.4 Å². The van der Waals surface area contributed by atoms with Gasteiger partial charge in [-0.25, -0.2) is 4.68 Å². The van der Waals surface area contributed by atoms with E-state index in [9.17, 15) is 14.9 Å². The molecule has 1 aliphatic rings. The molecule has 0 unspecified atom stereocenters. The van der Waals surface area contributed by atoms with E-state index in [4.69, 9.17) is 0 Å². The van der Waals surface area contributed by atoms with Crippen LogP contribution >= 0.6 is 0 Å². The van der Waals surface area contributed by atoms with Crippen molar-refractivity contribution < 1.29 is 9.72 Å². The second-order valence-corrected chi connectivity index (χ2v) is 7.44. The van der Waals surface area contributed by atoms with Gasteiger partial charge in [0.25, 0.3) is 11.6 Å². The first-order valence-corrected chi connectivity index (χ1v) is 9.91. The average Bonchev–Trinajstić information content (AvgIpc) is 3.46. The van der Waals surface area contributed by atoms with Crippen molar-refractivity contribution in [1.29, 1.82) is 0 Å². The number of anilines is 1. The highest BCUT2D eigenvalue weighted by Crippen LogP contribution is 2.32. The van der Waals surface area contributed by atoms with Crippen molar-refractivity contribution in [2.45, 2.75) is 19.4 Å². The molecule has 8 heteroatoms. The first kappa shape index (κ1) is 19.6. The van der Waals surface area contributed by atoms with Gasteiger partial charge in [-0.2, -0.15) is 5.10 Å². The Balaban J connectivity index is 1.50. The standard InChI is InChI=1S/C22H23N5O3/c1-24(15-17-14-23-26(16-17)19-7-3-2-4-8-19)22(28)18-9-10-20(21(13-18)27(29)30)25-11-5-6-12-25/h2-4,7-10,13-14,16H,5-6,11-12,15H2,1H3. The summed E-state index contributed by atoms with van der Waals surface area (Å²) in [6, 6.07) is 14.5. The molecule has 0 saturated carbocycles. The summed E-state index contributed by atoms with van der Waals surface area (Å²) < 4.78 is 1.75. The Kier molecular flexibility index (Phi) is 5.47. The summed E-state index contributed by atoms with van der Waals surface area (Å²) in [5.74, 6) is -0.265. The molecule has 4 rings (SSSR count). The minimum atomic E-state index is -0.408. The van der Waals surface area contributed by atoms with Crippen molar-refractivity contribution in [1.82, 2.24) is 14.7 Å². The topological polar surface area (TPSA) is 84.5 Å². The molecule has 1 aliphatic heterocycles. The summed E-state index contributed by atoms with van der Waals surface area (Å²) in [5, 5.41) is 15.9. The fourth-order valence-corrected chi connectivity index (χ4v) is 3.76. The maximum absolute atomic E-state index is 12.9. The highest BCUT2D eigenvalue weighted by Gasteiger charge is 2.24. The number of nitrogens with zero attached hydrogens (tertiary/aromatic N) is 5. The fraction of sp³-hybridized carbons (Fsp3) is 0.273. The van der Waals surface area contributed by atoms with Crippen LogP contribution in [0.3, 0.4) is 0 Å². The Labute approximate surface area is 174 Å². The smallest absolute Gasteiger partial charge is 0.293 e. The summed E-state index contributed by atoms with van der Waals surface area (Å²) in [4.78, 5) is 27.6. The zero-order valence-corrected chi connectivity index (χ0v) is 16.8. The van der Waals surface area contributed by atoms with Crippen molar-refractivity contribution in [2.24, 2.45) is 0 Å². The number of rotatable bonds is 6. The van der Waals surface area contributed by atoms with Crippen LogP contribution in [0.1, 0.15) is 28.8 Å². The number of benzene rings is 2. The van der Waals surface area contributed by atoms with Crippen molar-refractivity contribution in [3.63, 3.8) is 0 Å². The minimum absolute atomic E-state index is 0.0203. The third kappa shape index (κ3) is 4.03. The van der Waals surface area contributed by atoms with Crippen LogP contribution in [-0.2, 0) is 6.54 Å². The number of aromatic nitrogens is 2. The van der Waals surface area contributed by atoms with Gasteiger partial charge in [-0.3, -0.25) is 14.9 Å². The van der Waals surface area contributed by atoms with Crippen LogP contribution in [0.25, 0.3) is 5.69 Å². The molecule has 1 aromatic heterocycles. The molecule has 2 aromatic carbocycles. The SMILES string of the molecule is CN(Cc1cnn(-c2ccccc2)c1)C(=O)c1ccc(N2CCCC2)c([N+](=O)[O-])c1. The Morgan fingerprint density at radius 2 is 1.90 bits per heavy atom. The molecule has 1 fully saturated rings. The lowest BCUT2D eigenvalue weighted by Gasteiger charge is -2.19. The lowest BCUT2D eigenvalue weighted by molar-refractivity contribution is -0.384. The second kappa shape index (κ2) is 8.36. The molecule has 0 N–H and O–H groups in total. The van der Waals surface area contributed by atoms with Gasteiger partial charge >= 0.3 is 0 Å². The third-order valence-electron chi connectivity index (χ3n) is 5.29. The van der Waals surface area contributed by atoms with E-state index < -0.39 is 4.92 Å². The fourth-order valence-electron chi connectivity index (χ4n) is 3.76. The van der Waals surface area contributed by atoms with E-state index >= 15 is 0 Å². The number of hydrogen-bond acceptors (Lipinski definition) is 5. The molecular formula is C22H23N5O3. The quantitative estimate of drug-likeness (QED) is 0.462. The predicted octanol–water partition coefficient (Wildman–Crippen LogP) is 3.65. The lowest BCUT2D eigenvalue weighted by atomic mass is 10.1. The van der Waals surface area contributed by atoms with E-state index in [0.717, 1.165) is 37.2 Å². The van der Waals surface area contributed by atoms with Crippen molar-refractivity contribution in [2.75, 3.05) is 25.0 Å². The lowest BCUT2D eigenvalue weighted by Crippen LogP contribution is -2.26. The highest BCUT2D eigenvalue weighted by atomic mass is 16.6. The van der Waals surface area contributed by atoms with Crippen molar-refractivity contribution in [3.05, 3.63) is 82.2 Å². The number of para-hydroxylation sites is 1. The summed E-state index contributed by atoms with van der Waals surface area (Å²) in [6.07, 6.45) is 5.64. The first-order chi connectivity index (χ1) is 14.5. The molecule has 2 heterocycles. The third-order valence-corrected chi connectivity index (χ3v) is 5.29. The van der Waals surface area contributed by atoms with Gasteiger partial charge in [0.1, 0.15) is 5.69 Å². The van der Waals surface area contributed by atoms with E-state index in [1.165, 1.54) is 6.07 Å². The maximum atomic E-state index is 12.9. The Bertz CT molecular complexity index is 1060. The number of hydrogen-bond donors (Lipinski definition) is 0. The minimum Gasteiger partial charge on any atom is -0.366 e. The summed E-state index contributed by atoms with van der Waals surface area (Å²) in [7, 11) is 1.68. The van der Waals surface area contributed by atoms with E-state index in [1.807, 2.05) is 41.4 Å². The molecule has 8 nitrogen and oxygen atoms in total. The molecule has 3 aromatic rings.